The Morgan fingerprint density at radius 3 is 3.00 bits per heavy atom. The van der Waals surface area contributed by atoms with Crippen molar-refractivity contribution in [3.8, 4) is 0 Å². The first-order valence-corrected chi connectivity index (χ1v) is 5.60. The highest BCUT2D eigenvalue weighted by Gasteiger charge is 2.30. The molecule has 0 amide bonds. The van der Waals surface area contributed by atoms with E-state index in [2.05, 4.69) is 22.2 Å². The number of nitrogens with one attached hydrogen (secondary N) is 1. The first-order valence-electron chi connectivity index (χ1n) is 5.60. The number of nitrogens with two attached hydrogens (primary N) is 1. The molecule has 1 unspecified atom stereocenters. The summed E-state index contributed by atoms with van der Waals surface area (Å²) in [4.78, 5) is 8.26. The summed E-state index contributed by atoms with van der Waals surface area (Å²) >= 11 is 0. The van der Waals surface area contributed by atoms with Crippen LogP contribution in [0, 0.1) is 0 Å². The zero-order valence-electron chi connectivity index (χ0n) is 9.79. The highest BCUT2D eigenvalue weighted by Crippen LogP contribution is 2.26. The SMILES string of the molecule is CCc1c(N)ncnc1NC1(C)CCOC1. The number of aromatic nitrogens is 2. The summed E-state index contributed by atoms with van der Waals surface area (Å²) in [6.07, 6.45) is 3.31. The van der Waals surface area contributed by atoms with E-state index in [4.69, 9.17) is 10.5 Å². The van der Waals surface area contributed by atoms with Crippen molar-refractivity contribution in [1.82, 2.24) is 9.97 Å². The Morgan fingerprint density at radius 2 is 2.38 bits per heavy atom. The summed E-state index contributed by atoms with van der Waals surface area (Å²) in [6, 6.07) is 0. The van der Waals surface area contributed by atoms with Crippen molar-refractivity contribution in [1.29, 1.82) is 0 Å². The lowest BCUT2D eigenvalue weighted by Crippen LogP contribution is -2.35. The van der Waals surface area contributed by atoms with Crippen LogP contribution in [0.4, 0.5) is 11.6 Å². The minimum Gasteiger partial charge on any atom is -0.383 e. The maximum Gasteiger partial charge on any atom is 0.135 e. The Kier molecular flexibility index (Phi) is 2.96. The van der Waals surface area contributed by atoms with Gasteiger partial charge in [-0.25, -0.2) is 9.97 Å². The normalized spacial score (nSPS) is 24.6. The van der Waals surface area contributed by atoms with Crippen LogP contribution in [0.5, 0.6) is 0 Å². The van der Waals surface area contributed by atoms with Gasteiger partial charge in [0.25, 0.3) is 0 Å². The van der Waals surface area contributed by atoms with Crippen LogP contribution in [-0.4, -0.2) is 28.7 Å². The van der Waals surface area contributed by atoms with Gasteiger partial charge in [-0.1, -0.05) is 6.92 Å². The van der Waals surface area contributed by atoms with Crippen molar-refractivity contribution in [2.75, 3.05) is 24.3 Å². The second-order valence-corrected chi connectivity index (χ2v) is 4.43. The number of nitrogen functional groups attached to an aromatic ring is 1. The Labute approximate surface area is 95.4 Å². The van der Waals surface area contributed by atoms with Gasteiger partial charge in [-0.2, -0.15) is 0 Å². The lowest BCUT2D eigenvalue weighted by molar-refractivity contribution is 0.185. The molecule has 1 fully saturated rings. The number of ether oxygens (including phenoxy) is 1. The zero-order chi connectivity index (χ0) is 11.6. The van der Waals surface area contributed by atoms with Gasteiger partial charge >= 0.3 is 0 Å². The highest BCUT2D eigenvalue weighted by molar-refractivity contribution is 5.56. The molecule has 16 heavy (non-hydrogen) atoms. The molecule has 1 aliphatic rings. The Bertz CT molecular complexity index is 374. The molecular weight excluding hydrogens is 204 g/mol. The third-order valence-electron chi connectivity index (χ3n) is 2.97. The van der Waals surface area contributed by atoms with Gasteiger partial charge in [0, 0.05) is 12.2 Å². The third kappa shape index (κ3) is 2.09. The fourth-order valence-electron chi connectivity index (χ4n) is 1.93. The zero-order valence-corrected chi connectivity index (χ0v) is 9.79. The minimum absolute atomic E-state index is 0.0370. The number of anilines is 2. The van der Waals surface area contributed by atoms with Gasteiger partial charge in [0.05, 0.1) is 12.1 Å². The number of rotatable bonds is 3. The lowest BCUT2D eigenvalue weighted by atomic mass is 10.0. The predicted octanol–water partition coefficient (Wildman–Crippen LogP) is 1.21. The van der Waals surface area contributed by atoms with E-state index >= 15 is 0 Å². The second kappa shape index (κ2) is 4.25. The highest BCUT2D eigenvalue weighted by atomic mass is 16.5. The number of hydrogen-bond donors (Lipinski definition) is 2. The van der Waals surface area contributed by atoms with Crippen LogP contribution in [-0.2, 0) is 11.2 Å². The first-order chi connectivity index (χ1) is 7.64. The molecule has 0 aromatic carbocycles. The summed E-state index contributed by atoms with van der Waals surface area (Å²) in [6.45, 7) is 5.69. The van der Waals surface area contributed by atoms with Crippen LogP contribution in [0.3, 0.4) is 0 Å². The first kappa shape index (κ1) is 11.1. The third-order valence-corrected chi connectivity index (χ3v) is 2.97. The summed E-state index contributed by atoms with van der Waals surface area (Å²) in [5.74, 6) is 1.39. The molecule has 0 aliphatic carbocycles. The van der Waals surface area contributed by atoms with E-state index < -0.39 is 0 Å². The average molecular weight is 222 g/mol. The van der Waals surface area contributed by atoms with Gasteiger partial charge in [0.2, 0.25) is 0 Å². The summed E-state index contributed by atoms with van der Waals surface area (Å²) in [5.41, 5.74) is 6.77. The Balaban J connectivity index is 2.23. The van der Waals surface area contributed by atoms with E-state index in [1.807, 2.05) is 6.92 Å². The topological polar surface area (TPSA) is 73.1 Å². The molecule has 1 saturated heterocycles. The molecule has 0 bridgehead atoms. The van der Waals surface area contributed by atoms with Crippen molar-refractivity contribution >= 4 is 11.6 Å². The van der Waals surface area contributed by atoms with E-state index in [1.165, 1.54) is 6.33 Å². The summed E-state index contributed by atoms with van der Waals surface area (Å²) in [7, 11) is 0. The maximum atomic E-state index is 5.83. The van der Waals surface area contributed by atoms with Crippen molar-refractivity contribution in [3.63, 3.8) is 0 Å². The fourth-order valence-corrected chi connectivity index (χ4v) is 1.93. The van der Waals surface area contributed by atoms with E-state index in [9.17, 15) is 0 Å². The van der Waals surface area contributed by atoms with Crippen LogP contribution in [0.25, 0.3) is 0 Å². The van der Waals surface area contributed by atoms with Gasteiger partial charge in [0.1, 0.15) is 18.0 Å². The quantitative estimate of drug-likeness (QED) is 0.804. The van der Waals surface area contributed by atoms with Gasteiger partial charge in [-0.15, -0.1) is 0 Å². The molecule has 2 rings (SSSR count). The van der Waals surface area contributed by atoms with Crippen molar-refractivity contribution in [2.45, 2.75) is 32.2 Å². The maximum absolute atomic E-state index is 5.83. The van der Waals surface area contributed by atoms with Gasteiger partial charge < -0.3 is 15.8 Å². The molecule has 1 aromatic heterocycles. The fraction of sp³-hybridized carbons (Fsp3) is 0.636. The van der Waals surface area contributed by atoms with Crippen LogP contribution in [0.15, 0.2) is 6.33 Å². The smallest absolute Gasteiger partial charge is 0.135 e. The largest absolute Gasteiger partial charge is 0.383 e. The van der Waals surface area contributed by atoms with E-state index in [-0.39, 0.29) is 5.54 Å². The molecule has 5 heteroatoms. The molecule has 5 nitrogen and oxygen atoms in total. The Morgan fingerprint density at radius 1 is 1.56 bits per heavy atom. The molecule has 88 valence electrons. The number of nitrogens with zero attached hydrogens (tertiary/aromatic N) is 2. The molecule has 3 N–H and O–H groups in total. The molecule has 0 radical (unpaired) electrons. The molecular formula is C11H18N4O. The van der Waals surface area contributed by atoms with E-state index in [0.717, 1.165) is 30.8 Å². The van der Waals surface area contributed by atoms with Crippen LogP contribution >= 0.6 is 0 Å². The molecule has 0 spiro atoms. The monoisotopic (exact) mass is 222 g/mol. The van der Waals surface area contributed by atoms with Gasteiger partial charge in [-0.05, 0) is 19.8 Å². The molecule has 2 heterocycles. The van der Waals surface area contributed by atoms with Crippen molar-refractivity contribution in [3.05, 3.63) is 11.9 Å². The molecule has 0 saturated carbocycles. The lowest BCUT2D eigenvalue weighted by Gasteiger charge is -2.25. The van der Waals surface area contributed by atoms with Crippen LogP contribution in [0.1, 0.15) is 25.8 Å². The van der Waals surface area contributed by atoms with Crippen molar-refractivity contribution < 1.29 is 4.74 Å². The minimum atomic E-state index is -0.0370. The van der Waals surface area contributed by atoms with E-state index in [0.29, 0.717) is 12.4 Å². The van der Waals surface area contributed by atoms with Crippen molar-refractivity contribution in [2.24, 2.45) is 0 Å². The standard InChI is InChI=1S/C11H18N4O/c1-3-8-9(12)13-7-14-10(8)15-11(2)4-5-16-6-11/h7H,3-6H2,1-2H3,(H3,12,13,14,15). The molecule has 1 aromatic rings. The van der Waals surface area contributed by atoms with Crippen LogP contribution in [0.2, 0.25) is 0 Å². The van der Waals surface area contributed by atoms with Gasteiger partial charge in [-0.3, -0.25) is 0 Å². The number of hydrogen-bond acceptors (Lipinski definition) is 5. The second-order valence-electron chi connectivity index (χ2n) is 4.43. The van der Waals surface area contributed by atoms with E-state index in [1.54, 1.807) is 0 Å². The molecule has 1 atom stereocenters. The average Bonchev–Trinajstić information content (AvgIpc) is 2.65. The van der Waals surface area contributed by atoms with Crippen LogP contribution < -0.4 is 11.1 Å². The Hall–Kier alpha value is -1.36. The summed E-state index contributed by atoms with van der Waals surface area (Å²) in [5, 5.41) is 3.42. The predicted molar refractivity (Wildman–Crippen MR) is 63.3 cm³/mol. The summed E-state index contributed by atoms with van der Waals surface area (Å²) < 4.78 is 5.40. The molecule has 1 aliphatic heterocycles. The van der Waals surface area contributed by atoms with Gasteiger partial charge in [0.15, 0.2) is 0 Å².